The van der Waals surface area contributed by atoms with Crippen LogP contribution < -0.4 is 37.6 Å². The fraction of sp³-hybridized carbons (Fsp3) is 0.333. The average Bonchev–Trinajstić information content (AvgIpc) is 3.99. The molecule has 16 heteroatoms. The average molecular weight is 873 g/mol. The quantitative estimate of drug-likeness (QED) is 0.0509. The Labute approximate surface area is 371 Å². The van der Waals surface area contributed by atoms with Gasteiger partial charge in [0.1, 0.15) is 30.2 Å². The molecule has 0 radical (unpaired) electrons. The number of carboxylic acids is 1. The molecule has 16 nitrogen and oxygen atoms in total. The maximum Gasteiger partial charge on any atom is 0.326 e. The predicted octanol–water partition coefficient (Wildman–Crippen LogP) is 1.54. The first kappa shape index (κ1) is 46.6. The largest absolute Gasteiger partial charge is 0.480 e. The minimum absolute atomic E-state index is 0.0198. The van der Waals surface area contributed by atoms with Crippen molar-refractivity contribution in [3.8, 4) is 0 Å². The van der Waals surface area contributed by atoms with E-state index >= 15 is 0 Å². The third kappa shape index (κ3) is 12.8. The number of nitrogens with one attached hydrogen (secondary N) is 7. The van der Waals surface area contributed by atoms with Crippen molar-refractivity contribution in [3.05, 3.63) is 143 Å². The van der Waals surface area contributed by atoms with Crippen molar-refractivity contribution in [1.82, 2.24) is 36.9 Å². The molecular formula is C48H56N8O8. The zero-order valence-corrected chi connectivity index (χ0v) is 35.6. The maximum absolute atomic E-state index is 14.7. The molecule has 1 aromatic heterocycles. The van der Waals surface area contributed by atoms with Crippen LogP contribution in [-0.2, 0) is 61.0 Å². The summed E-state index contributed by atoms with van der Waals surface area (Å²) in [7, 11) is 0. The van der Waals surface area contributed by atoms with Gasteiger partial charge < -0.3 is 52.8 Å². The van der Waals surface area contributed by atoms with Gasteiger partial charge >= 0.3 is 5.97 Å². The Morgan fingerprint density at radius 2 is 1.12 bits per heavy atom. The van der Waals surface area contributed by atoms with Crippen molar-refractivity contribution < 1.29 is 39.0 Å². The standard InChI is InChI=1S/C48H56N8O8/c1-29(57)42(47(62)55-41(48(63)64)25-31-13-6-3-7-14-31)56-46(61)39(24-32-18-20-33(27-49)21-19-32)53-45(60)40(26-34-28-51-36-16-9-8-15-35(34)36)54-44(59)38(23-30-11-4-2-5-12-30)52-43(58)37-17-10-22-50-37/h2-9,11-16,18-21,28-29,37-42,50-51,57H,10,17,22-27,49H2,1H3,(H,52,58)(H,53,60)(H,54,59)(H,55,62)(H,56,61)(H,63,64)/t29-,37+,38+,39+,40-,41+,42+/m1/s1. The lowest BCUT2D eigenvalue weighted by Gasteiger charge is -2.28. The summed E-state index contributed by atoms with van der Waals surface area (Å²) in [6, 6.07) is 25.1. The summed E-state index contributed by atoms with van der Waals surface area (Å²) < 4.78 is 0. The van der Waals surface area contributed by atoms with Gasteiger partial charge in [-0.05, 0) is 60.2 Å². The zero-order chi connectivity index (χ0) is 45.6. The molecule has 5 amide bonds. The van der Waals surface area contributed by atoms with Crippen LogP contribution in [0.3, 0.4) is 0 Å². The molecule has 0 saturated carbocycles. The highest BCUT2D eigenvalue weighted by Gasteiger charge is 2.35. The van der Waals surface area contributed by atoms with Gasteiger partial charge in [-0.1, -0.05) is 103 Å². The lowest BCUT2D eigenvalue weighted by molar-refractivity contribution is -0.143. The molecule has 7 atom stereocenters. The molecule has 1 saturated heterocycles. The second kappa shape index (κ2) is 22.5. The van der Waals surface area contributed by atoms with E-state index < -0.39 is 72.0 Å². The van der Waals surface area contributed by atoms with Gasteiger partial charge in [0.15, 0.2) is 0 Å². The molecule has 6 rings (SSSR count). The summed E-state index contributed by atoms with van der Waals surface area (Å²) in [6.07, 6.45) is 1.64. The molecule has 11 N–H and O–H groups in total. The van der Waals surface area contributed by atoms with Gasteiger partial charge in [0.05, 0.1) is 12.1 Å². The van der Waals surface area contributed by atoms with Crippen LogP contribution in [0.2, 0.25) is 0 Å². The number of aliphatic hydroxyl groups is 1. The Balaban J connectivity index is 1.28. The molecule has 0 spiro atoms. The lowest BCUT2D eigenvalue weighted by Crippen LogP contribution is -2.61. The molecule has 0 aliphatic carbocycles. The molecule has 1 aliphatic heterocycles. The van der Waals surface area contributed by atoms with Gasteiger partial charge in [-0.3, -0.25) is 24.0 Å². The van der Waals surface area contributed by atoms with Crippen LogP contribution >= 0.6 is 0 Å². The number of hydrogen-bond acceptors (Lipinski definition) is 9. The molecule has 64 heavy (non-hydrogen) atoms. The highest BCUT2D eigenvalue weighted by atomic mass is 16.4. The van der Waals surface area contributed by atoms with Crippen LogP contribution in [0.15, 0.2) is 115 Å². The van der Waals surface area contributed by atoms with Gasteiger partial charge in [-0.15, -0.1) is 0 Å². The Bertz CT molecular complexity index is 2370. The summed E-state index contributed by atoms with van der Waals surface area (Å²) in [6.45, 7) is 2.22. The van der Waals surface area contributed by atoms with E-state index in [1.807, 2.05) is 54.6 Å². The molecular weight excluding hydrogens is 817 g/mol. The number of para-hydroxylation sites is 1. The Hall–Kier alpha value is -6.88. The topological polar surface area (TPSA) is 257 Å². The number of carbonyl (C=O) groups excluding carboxylic acids is 5. The fourth-order valence-electron chi connectivity index (χ4n) is 7.74. The van der Waals surface area contributed by atoms with Gasteiger partial charge in [0.25, 0.3) is 0 Å². The number of aromatic amines is 1. The molecule has 2 heterocycles. The minimum atomic E-state index is -1.62. The van der Waals surface area contributed by atoms with Crippen molar-refractivity contribution in [2.45, 2.75) is 94.3 Å². The van der Waals surface area contributed by atoms with E-state index in [0.717, 1.165) is 28.5 Å². The first-order valence-electron chi connectivity index (χ1n) is 21.4. The molecule has 1 aliphatic rings. The smallest absolute Gasteiger partial charge is 0.326 e. The van der Waals surface area contributed by atoms with E-state index in [2.05, 4.69) is 36.9 Å². The molecule has 4 aromatic carbocycles. The Morgan fingerprint density at radius 1 is 0.625 bits per heavy atom. The summed E-state index contributed by atoms with van der Waals surface area (Å²) in [5, 5.41) is 38.3. The van der Waals surface area contributed by atoms with E-state index in [4.69, 9.17) is 5.73 Å². The number of aliphatic carboxylic acids is 1. The molecule has 0 bridgehead atoms. The van der Waals surface area contributed by atoms with Crippen LogP contribution in [0.25, 0.3) is 10.9 Å². The molecule has 336 valence electrons. The van der Waals surface area contributed by atoms with E-state index in [1.54, 1.807) is 60.8 Å². The summed E-state index contributed by atoms with van der Waals surface area (Å²) in [5.74, 6) is -4.83. The van der Waals surface area contributed by atoms with Crippen molar-refractivity contribution >= 4 is 46.4 Å². The summed E-state index contributed by atoms with van der Waals surface area (Å²) >= 11 is 0. The first-order chi connectivity index (χ1) is 30.9. The monoisotopic (exact) mass is 872 g/mol. The predicted molar refractivity (Wildman–Crippen MR) is 240 cm³/mol. The van der Waals surface area contributed by atoms with Gasteiger partial charge in [0, 0.05) is 49.3 Å². The number of rotatable bonds is 21. The number of hydrogen-bond donors (Lipinski definition) is 10. The number of aliphatic hydroxyl groups excluding tert-OH is 1. The second-order valence-corrected chi connectivity index (χ2v) is 16.1. The van der Waals surface area contributed by atoms with Crippen LogP contribution in [0.4, 0.5) is 0 Å². The highest BCUT2D eigenvalue weighted by molar-refractivity contribution is 5.97. The van der Waals surface area contributed by atoms with Gasteiger partial charge in [-0.25, -0.2) is 4.79 Å². The van der Waals surface area contributed by atoms with Gasteiger partial charge in [0.2, 0.25) is 29.5 Å². The van der Waals surface area contributed by atoms with Crippen molar-refractivity contribution in [2.75, 3.05) is 6.54 Å². The minimum Gasteiger partial charge on any atom is -0.480 e. The normalized spacial score (nSPS) is 16.3. The van der Waals surface area contributed by atoms with Crippen LogP contribution in [-0.4, -0.2) is 99.6 Å². The number of carboxylic acid groups (broad SMARTS) is 1. The van der Waals surface area contributed by atoms with Crippen molar-refractivity contribution in [1.29, 1.82) is 0 Å². The first-order valence-corrected chi connectivity index (χ1v) is 21.4. The van der Waals surface area contributed by atoms with Crippen molar-refractivity contribution in [2.24, 2.45) is 5.73 Å². The van der Waals surface area contributed by atoms with Gasteiger partial charge in [-0.2, -0.15) is 0 Å². The van der Waals surface area contributed by atoms with Crippen LogP contribution in [0, 0.1) is 0 Å². The number of benzene rings is 4. The third-order valence-electron chi connectivity index (χ3n) is 11.3. The van der Waals surface area contributed by atoms with Crippen LogP contribution in [0.5, 0.6) is 0 Å². The van der Waals surface area contributed by atoms with E-state index in [9.17, 15) is 39.0 Å². The van der Waals surface area contributed by atoms with Crippen LogP contribution in [0.1, 0.15) is 47.6 Å². The SMILES string of the molecule is C[C@@H](O)[C@H](NC(=O)[C@H](Cc1ccc(CN)cc1)NC(=O)[C@@H](Cc1c[nH]c2ccccc12)NC(=O)[C@H](Cc1ccccc1)NC(=O)[C@@H]1CCCN1)C(=O)N[C@@H](Cc1ccccc1)C(=O)O. The summed E-state index contributed by atoms with van der Waals surface area (Å²) in [5.41, 5.74) is 10.2. The van der Waals surface area contributed by atoms with E-state index in [0.29, 0.717) is 29.7 Å². The highest BCUT2D eigenvalue weighted by Crippen LogP contribution is 2.20. The lowest BCUT2D eigenvalue weighted by atomic mass is 9.99. The molecule has 5 aromatic rings. The number of fused-ring (bicyclic) bond motifs is 1. The Morgan fingerprint density at radius 3 is 1.69 bits per heavy atom. The zero-order valence-electron chi connectivity index (χ0n) is 35.6. The third-order valence-corrected chi connectivity index (χ3v) is 11.3. The molecule has 1 fully saturated rings. The van der Waals surface area contributed by atoms with Crippen molar-refractivity contribution in [3.63, 3.8) is 0 Å². The summed E-state index contributed by atoms with van der Waals surface area (Å²) in [4.78, 5) is 85.9. The number of carbonyl (C=O) groups is 6. The molecule has 0 unspecified atom stereocenters. The maximum atomic E-state index is 14.7. The fourth-order valence-corrected chi connectivity index (χ4v) is 7.74. The Kier molecular flexibility index (Phi) is 16.4. The van der Waals surface area contributed by atoms with E-state index in [1.165, 1.54) is 6.92 Å². The number of amides is 5. The number of H-pyrrole nitrogens is 1. The number of nitrogens with two attached hydrogens (primary N) is 1. The second-order valence-electron chi connectivity index (χ2n) is 16.1. The number of aromatic nitrogens is 1. The van der Waals surface area contributed by atoms with E-state index in [-0.39, 0.29) is 38.1 Å².